The van der Waals surface area contributed by atoms with Gasteiger partial charge in [-0.3, -0.25) is 0 Å². The number of allylic oxidation sites excluding steroid dienone is 4. The van der Waals surface area contributed by atoms with Gasteiger partial charge in [0.05, 0.1) is 0 Å². The summed E-state index contributed by atoms with van der Waals surface area (Å²) in [6.45, 7) is 0. The lowest BCUT2D eigenvalue weighted by Gasteiger charge is -2.19. The van der Waals surface area contributed by atoms with Crippen LogP contribution in [0.1, 0.15) is 18.4 Å². The molecule has 0 nitrogen and oxygen atoms in total. The highest BCUT2D eigenvalue weighted by Gasteiger charge is 2.18. The molecule has 0 bridgehead atoms. The Morgan fingerprint density at radius 3 is 1.38 bits per heavy atom. The van der Waals surface area contributed by atoms with Gasteiger partial charge >= 0.3 is 0 Å². The number of hydrogen-bond acceptors (Lipinski definition) is 0. The molecule has 0 saturated heterocycles. The van der Waals surface area contributed by atoms with Gasteiger partial charge in [0.1, 0.15) is 0 Å². The Morgan fingerprint density at radius 2 is 0.833 bits per heavy atom. The highest BCUT2D eigenvalue weighted by molar-refractivity contribution is 6.23. The average Bonchev–Trinajstić information content (AvgIpc) is 3.07. The van der Waals surface area contributed by atoms with Crippen molar-refractivity contribution in [2.75, 3.05) is 0 Å². The molecule has 0 N–H and O–H groups in total. The molecule has 1 aliphatic rings. The minimum absolute atomic E-state index is 1.11. The second-order valence-corrected chi connectivity index (χ2v) is 11.2. The molecule has 0 atom stereocenters. The van der Waals surface area contributed by atoms with E-state index in [1.807, 2.05) is 0 Å². The van der Waals surface area contributed by atoms with Gasteiger partial charge in [-0.25, -0.2) is 0 Å². The van der Waals surface area contributed by atoms with Crippen molar-refractivity contribution >= 4 is 37.9 Å². The standard InChI is InChI=1S/C42H30/c1-3-11-29(12-4-1)31-19-23-33(24-20-31)41-37-17-9-10-18-38(37)42(40-28-36-16-8-7-15-35(36)27-39(40)41)34-25-21-32(22-26-34)30-13-5-2-6-14-30/h1,3-5,7-28H,2,6H2. The van der Waals surface area contributed by atoms with Crippen LogP contribution in [-0.4, -0.2) is 0 Å². The van der Waals surface area contributed by atoms with E-state index >= 15 is 0 Å². The first-order valence-corrected chi connectivity index (χ1v) is 14.8. The van der Waals surface area contributed by atoms with Crippen molar-refractivity contribution in [3.63, 3.8) is 0 Å². The Hall–Kier alpha value is -5.20. The largest absolute Gasteiger partial charge is 0.0836 e. The predicted molar refractivity (Wildman–Crippen MR) is 182 cm³/mol. The molecule has 0 radical (unpaired) electrons. The summed E-state index contributed by atoms with van der Waals surface area (Å²) in [5.41, 5.74) is 10.2. The van der Waals surface area contributed by atoms with E-state index in [-0.39, 0.29) is 0 Å². The Morgan fingerprint density at radius 1 is 0.357 bits per heavy atom. The fraction of sp³-hybridized carbons (Fsp3) is 0.0476. The molecule has 1 aliphatic carbocycles. The van der Waals surface area contributed by atoms with E-state index in [1.165, 1.54) is 76.8 Å². The number of fused-ring (bicyclic) bond motifs is 3. The number of rotatable bonds is 4. The van der Waals surface area contributed by atoms with Crippen LogP contribution in [0.2, 0.25) is 0 Å². The first-order valence-electron chi connectivity index (χ1n) is 14.8. The van der Waals surface area contributed by atoms with Crippen LogP contribution in [0.15, 0.2) is 158 Å². The van der Waals surface area contributed by atoms with Gasteiger partial charge in [0.15, 0.2) is 0 Å². The molecule has 0 aliphatic heterocycles. The third-order valence-corrected chi connectivity index (χ3v) is 8.67. The molecule has 8 rings (SSSR count). The molecule has 198 valence electrons. The maximum absolute atomic E-state index is 2.40. The van der Waals surface area contributed by atoms with E-state index in [4.69, 9.17) is 0 Å². The Labute approximate surface area is 246 Å². The lowest BCUT2D eigenvalue weighted by molar-refractivity contribution is 1.04. The van der Waals surface area contributed by atoms with Crippen LogP contribution in [0.25, 0.3) is 71.3 Å². The zero-order valence-corrected chi connectivity index (χ0v) is 23.4. The fourth-order valence-electron chi connectivity index (χ4n) is 6.60. The normalized spacial score (nSPS) is 13.1. The van der Waals surface area contributed by atoms with Crippen LogP contribution in [0.4, 0.5) is 0 Å². The zero-order valence-electron chi connectivity index (χ0n) is 23.4. The third-order valence-electron chi connectivity index (χ3n) is 8.67. The van der Waals surface area contributed by atoms with Crippen LogP contribution >= 0.6 is 0 Å². The van der Waals surface area contributed by atoms with Gasteiger partial charge in [0.2, 0.25) is 0 Å². The zero-order chi connectivity index (χ0) is 27.9. The first kappa shape index (κ1) is 24.6. The molecule has 0 aromatic heterocycles. The SMILES string of the molecule is C1=CC(c2ccc(-c3c4ccccc4c(-c4ccc(-c5ccccc5)cc4)c4cc5ccccc5cc34)cc2)=CCC1. The quantitative estimate of drug-likeness (QED) is 0.197. The molecule has 42 heavy (non-hydrogen) atoms. The van der Waals surface area contributed by atoms with Crippen molar-refractivity contribution in [2.45, 2.75) is 12.8 Å². The first-order chi connectivity index (χ1) is 20.8. The molecule has 0 heterocycles. The summed E-state index contributed by atoms with van der Waals surface area (Å²) in [4.78, 5) is 0. The van der Waals surface area contributed by atoms with Crippen molar-refractivity contribution in [1.82, 2.24) is 0 Å². The molecule has 0 saturated carbocycles. The van der Waals surface area contributed by atoms with E-state index in [1.54, 1.807) is 0 Å². The van der Waals surface area contributed by atoms with Crippen molar-refractivity contribution in [3.8, 4) is 33.4 Å². The maximum Gasteiger partial charge on any atom is -0.00261 e. The Bertz CT molecular complexity index is 2140. The smallest absolute Gasteiger partial charge is 0.00261 e. The summed E-state index contributed by atoms with van der Waals surface area (Å²) < 4.78 is 0. The van der Waals surface area contributed by atoms with E-state index < -0.39 is 0 Å². The van der Waals surface area contributed by atoms with Gasteiger partial charge in [-0.2, -0.15) is 0 Å². The lowest BCUT2D eigenvalue weighted by Crippen LogP contribution is -1.92. The minimum atomic E-state index is 1.11. The van der Waals surface area contributed by atoms with Gasteiger partial charge in [0, 0.05) is 0 Å². The molecular weight excluding hydrogens is 504 g/mol. The fourth-order valence-corrected chi connectivity index (χ4v) is 6.60. The molecule has 0 amide bonds. The molecule has 0 spiro atoms. The third kappa shape index (κ3) is 4.24. The van der Waals surface area contributed by atoms with Crippen LogP contribution in [-0.2, 0) is 0 Å². The topological polar surface area (TPSA) is 0 Å². The highest BCUT2D eigenvalue weighted by atomic mass is 14.2. The van der Waals surface area contributed by atoms with Crippen LogP contribution in [0.3, 0.4) is 0 Å². The maximum atomic E-state index is 2.40. The van der Waals surface area contributed by atoms with Gasteiger partial charge in [-0.15, -0.1) is 0 Å². The molecular formula is C42H30. The van der Waals surface area contributed by atoms with Crippen LogP contribution < -0.4 is 0 Å². The van der Waals surface area contributed by atoms with Crippen LogP contribution in [0.5, 0.6) is 0 Å². The van der Waals surface area contributed by atoms with E-state index in [0.29, 0.717) is 0 Å². The van der Waals surface area contributed by atoms with Crippen molar-refractivity contribution < 1.29 is 0 Å². The van der Waals surface area contributed by atoms with Crippen LogP contribution in [0, 0.1) is 0 Å². The van der Waals surface area contributed by atoms with E-state index in [0.717, 1.165) is 12.8 Å². The number of benzene rings is 7. The van der Waals surface area contributed by atoms with Crippen molar-refractivity contribution in [1.29, 1.82) is 0 Å². The van der Waals surface area contributed by atoms with Gasteiger partial charge < -0.3 is 0 Å². The lowest BCUT2D eigenvalue weighted by atomic mass is 9.84. The summed E-state index contributed by atoms with van der Waals surface area (Å²) >= 11 is 0. The van der Waals surface area contributed by atoms with Gasteiger partial charge in [-0.05, 0) is 102 Å². The highest BCUT2D eigenvalue weighted by Crippen LogP contribution is 2.45. The summed E-state index contributed by atoms with van der Waals surface area (Å²) in [5.74, 6) is 0. The second-order valence-electron chi connectivity index (χ2n) is 11.2. The molecule has 0 unspecified atom stereocenters. The van der Waals surface area contributed by atoms with E-state index in [2.05, 4.69) is 158 Å². The summed E-state index contributed by atoms with van der Waals surface area (Å²) in [7, 11) is 0. The van der Waals surface area contributed by atoms with Gasteiger partial charge in [0.25, 0.3) is 0 Å². The molecule has 0 heteroatoms. The molecule has 0 fully saturated rings. The molecule has 7 aromatic rings. The van der Waals surface area contributed by atoms with Crippen molar-refractivity contribution in [2.24, 2.45) is 0 Å². The minimum Gasteiger partial charge on any atom is -0.0836 e. The summed E-state index contributed by atoms with van der Waals surface area (Å²) in [6.07, 6.45) is 9.14. The Kier molecular flexibility index (Phi) is 6.04. The second kappa shape index (κ2) is 10.3. The molecule has 7 aromatic carbocycles. The number of hydrogen-bond donors (Lipinski definition) is 0. The van der Waals surface area contributed by atoms with Crippen molar-refractivity contribution in [3.05, 3.63) is 163 Å². The predicted octanol–water partition coefficient (Wildman–Crippen LogP) is 11.9. The Balaban J connectivity index is 1.39. The summed E-state index contributed by atoms with van der Waals surface area (Å²) in [6, 6.07) is 51.4. The van der Waals surface area contributed by atoms with Gasteiger partial charge in [-0.1, -0.05) is 146 Å². The average molecular weight is 535 g/mol. The summed E-state index contributed by atoms with van der Waals surface area (Å²) in [5, 5.41) is 7.67. The van der Waals surface area contributed by atoms with E-state index in [9.17, 15) is 0 Å². The monoisotopic (exact) mass is 534 g/mol.